The van der Waals surface area contributed by atoms with Gasteiger partial charge in [0.15, 0.2) is 0 Å². The second-order valence-corrected chi connectivity index (χ2v) is 9.24. The third kappa shape index (κ3) is 3.63. The molecule has 4 amide bonds. The average Bonchev–Trinajstić information content (AvgIpc) is 3.58. The first kappa shape index (κ1) is 21.4. The number of fused-ring (bicyclic) bond motifs is 2. The number of aryl methyl sites for hydroxylation is 1. The normalized spacial score (nSPS) is 23.3. The Bertz CT molecular complexity index is 1100. The lowest BCUT2D eigenvalue weighted by atomic mass is 9.89. The number of aromatic nitrogens is 1. The van der Waals surface area contributed by atoms with Crippen molar-refractivity contribution in [3.05, 3.63) is 59.3 Å². The van der Waals surface area contributed by atoms with E-state index in [0.717, 1.165) is 36.0 Å². The largest absolute Gasteiger partial charge is 0.481 e. The zero-order valence-electron chi connectivity index (χ0n) is 18.8. The summed E-state index contributed by atoms with van der Waals surface area (Å²) in [6.07, 6.45) is 4.87. The maximum atomic E-state index is 13.8. The molecule has 172 valence electrons. The molecule has 2 heterocycles. The highest BCUT2D eigenvalue weighted by atomic mass is 16.5. The number of nitrogens with zero attached hydrogens (tertiary/aromatic N) is 2. The molecule has 1 spiro atoms. The molecule has 1 saturated heterocycles. The number of benzene rings is 1. The molecule has 1 saturated carbocycles. The third-order valence-corrected chi connectivity index (χ3v) is 7.25. The predicted octanol–water partition coefficient (Wildman–Crippen LogP) is 2.51. The van der Waals surface area contributed by atoms with Gasteiger partial charge in [-0.1, -0.05) is 37.3 Å². The van der Waals surface area contributed by atoms with E-state index >= 15 is 0 Å². The summed E-state index contributed by atoms with van der Waals surface area (Å²) in [5.41, 5.74) is 1.64. The van der Waals surface area contributed by atoms with Crippen LogP contribution in [0.5, 0.6) is 5.88 Å². The number of pyridine rings is 1. The summed E-state index contributed by atoms with van der Waals surface area (Å²) >= 11 is 0. The first-order chi connectivity index (χ1) is 15.9. The van der Waals surface area contributed by atoms with Crippen molar-refractivity contribution in [2.75, 3.05) is 7.11 Å². The minimum Gasteiger partial charge on any atom is -0.481 e. The molecule has 3 aliphatic rings. The summed E-state index contributed by atoms with van der Waals surface area (Å²) in [7, 11) is 1.54. The van der Waals surface area contributed by atoms with Crippen molar-refractivity contribution in [2.24, 2.45) is 11.8 Å². The number of rotatable bonds is 7. The fraction of sp³-hybridized carbons (Fsp3) is 0.440. The van der Waals surface area contributed by atoms with E-state index in [2.05, 4.69) is 15.6 Å². The Kier molecular flexibility index (Phi) is 5.31. The number of methoxy groups -OCH3 is 1. The van der Waals surface area contributed by atoms with Gasteiger partial charge < -0.3 is 15.4 Å². The lowest BCUT2D eigenvalue weighted by Gasteiger charge is -2.31. The van der Waals surface area contributed by atoms with Gasteiger partial charge in [-0.2, -0.15) is 0 Å². The molecule has 1 aromatic heterocycles. The van der Waals surface area contributed by atoms with Gasteiger partial charge in [-0.05, 0) is 54.2 Å². The van der Waals surface area contributed by atoms with E-state index < -0.39 is 17.6 Å². The van der Waals surface area contributed by atoms with Gasteiger partial charge in [0.25, 0.3) is 5.91 Å². The maximum absolute atomic E-state index is 13.8. The van der Waals surface area contributed by atoms with Gasteiger partial charge in [-0.15, -0.1) is 0 Å². The molecule has 33 heavy (non-hydrogen) atoms. The number of imide groups is 1. The van der Waals surface area contributed by atoms with Crippen molar-refractivity contribution >= 4 is 17.8 Å². The highest BCUT2D eigenvalue weighted by Crippen LogP contribution is 2.45. The molecular formula is C25H28N4O4. The number of carbonyl (C=O) groups is 3. The van der Waals surface area contributed by atoms with Crippen LogP contribution in [-0.2, 0) is 28.1 Å². The molecule has 2 aromatic rings. The summed E-state index contributed by atoms with van der Waals surface area (Å²) in [6, 6.07) is 9.92. The van der Waals surface area contributed by atoms with Crippen molar-refractivity contribution in [1.29, 1.82) is 0 Å². The van der Waals surface area contributed by atoms with Crippen LogP contribution in [0, 0.1) is 11.8 Å². The molecular weight excluding hydrogens is 420 g/mol. The van der Waals surface area contributed by atoms with Gasteiger partial charge in [-0.25, -0.2) is 14.7 Å². The number of carbonyl (C=O) groups excluding carboxylic acids is 3. The fourth-order valence-corrected chi connectivity index (χ4v) is 5.21. The van der Waals surface area contributed by atoms with Crippen LogP contribution in [0.2, 0.25) is 0 Å². The van der Waals surface area contributed by atoms with Crippen LogP contribution in [0.15, 0.2) is 42.6 Å². The Morgan fingerprint density at radius 2 is 2.06 bits per heavy atom. The molecule has 1 unspecified atom stereocenters. The number of nitrogens with one attached hydrogen (secondary N) is 2. The van der Waals surface area contributed by atoms with Crippen molar-refractivity contribution in [3.63, 3.8) is 0 Å². The van der Waals surface area contributed by atoms with Crippen molar-refractivity contribution in [2.45, 2.75) is 50.7 Å². The van der Waals surface area contributed by atoms with Crippen LogP contribution in [0.25, 0.3) is 0 Å². The molecule has 8 nitrogen and oxygen atoms in total. The monoisotopic (exact) mass is 448 g/mol. The van der Waals surface area contributed by atoms with Gasteiger partial charge >= 0.3 is 6.03 Å². The average molecular weight is 449 g/mol. The number of ether oxygens (including phenoxy) is 1. The second-order valence-electron chi connectivity index (χ2n) is 9.24. The van der Waals surface area contributed by atoms with E-state index in [1.165, 1.54) is 4.90 Å². The maximum Gasteiger partial charge on any atom is 0.326 e. The lowest BCUT2D eigenvalue weighted by Crippen LogP contribution is -2.54. The molecule has 1 aliphatic heterocycles. The number of urea groups is 1. The van der Waals surface area contributed by atoms with E-state index in [-0.39, 0.29) is 24.3 Å². The van der Waals surface area contributed by atoms with Crippen molar-refractivity contribution in [1.82, 2.24) is 20.5 Å². The van der Waals surface area contributed by atoms with Gasteiger partial charge in [0.2, 0.25) is 11.8 Å². The summed E-state index contributed by atoms with van der Waals surface area (Å²) in [4.78, 5) is 45.7. The molecule has 0 radical (unpaired) electrons. The predicted molar refractivity (Wildman–Crippen MR) is 120 cm³/mol. The Morgan fingerprint density at radius 3 is 2.76 bits per heavy atom. The smallest absolute Gasteiger partial charge is 0.326 e. The SMILES string of the molecule is COc1ccc(CNC(=O)C([C@@H](C)C2CC2)N2C(=O)N[C@]3(CCc4ccccc43)C2=O)cn1. The summed E-state index contributed by atoms with van der Waals surface area (Å²) in [5.74, 6) is 0.0527. The quantitative estimate of drug-likeness (QED) is 0.634. The van der Waals surface area contributed by atoms with Crippen LogP contribution in [0.1, 0.15) is 42.9 Å². The van der Waals surface area contributed by atoms with Crippen molar-refractivity contribution < 1.29 is 19.1 Å². The summed E-state index contributed by atoms with van der Waals surface area (Å²) < 4.78 is 5.07. The Balaban J connectivity index is 1.40. The Labute approximate surface area is 192 Å². The van der Waals surface area contributed by atoms with E-state index in [9.17, 15) is 14.4 Å². The highest BCUT2D eigenvalue weighted by Gasteiger charge is 2.59. The van der Waals surface area contributed by atoms with E-state index in [1.54, 1.807) is 19.4 Å². The zero-order chi connectivity index (χ0) is 23.2. The first-order valence-electron chi connectivity index (χ1n) is 11.5. The van der Waals surface area contributed by atoms with Gasteiger partial charge in [0.1, 0.15) is 11.6 Å². The summed E-state index contributed by atoms with van der Waals surface area (Å²) in [6.45, 7) is 2.21. The lowest BCUT2D eigenvalue weighted by molar-refractivity contribution is -0.140. The fourth-order valence-electron chi connectivity index (χ4n) is 5.21. The molecule has 2 aliphatic carbocycles. The number of hydrogen-bond acceptors (Lipinski definition) is 5. The summed E-state index contributed by atoms with van der Waals surface area (Å²) in [5, 5.41) is 5.88. The first-order valence-corrected chi connectivity index (χ1v) is 11.5. The molecule has 1 aromatic carbocycles. The molecule has 2 N–H and O–H groups in total. The second kappa shape index (κ2) is 8.17. The number of hydrogen-bond donors (Lipinski definition) is 2. The number of amides is 4. The third-order valence-electron chi connectivity index (χ3n) is 7.25. The minimum atomic E-state index is -1.07. The van der Waals surface area contributed by atoms with Gasteiger partial charge in [0.05, 0.1) is 7.11 Å². The van der Waals surface area contributed by atoms with Crippen molar-refractivity contribution in [3.8, 4) is 5.88 Å². The molecule has 2 fully saturated rings. The zero-order valence-corrected chi connectivity index (χ0v) is 18.8. The van der Waals surface area contributed by atoms with E-state index in [4.69, 9.17) is 4.74 Å². The molecule has 8 heteroatoms. The van der Waals surface area contributed by atoms with Crippen LogP contribution < -0.4 is 15.4 Å². The van der Waals surface area contributed by atoms with Crippen LogP contribution in [0.3, 0.4) is 0 Å². The standard InChI is InChI=1S/C25H28N4O4/c1-15(17-8-9-17)21(22(30)27-14-16-7-10-20(33-2)26-13-16)29-23(31)25(28-24(29)32)12-11-18-5-3-4-6-19(18)25/h3-7,10,13,15,17,21H,8-9,11-12,14H2,1-2H3,(H,27,30)(H,28,32)/t15-,21?,25-/m0/s1. The minimum absolute atomic E-state index is 0.125. The Hall–Kier alpha value is -3.42. The van der Waals surface area contributed by atoms with Crippen LogP contribution >= 0.6 is 0 Å². The van der Waals surface area contributed by atoms with E-state index in [0.29, 0.717) is 18.2 Å². The molecule has 0 bridgehead atoms. The van der Waals surface area contributed by atoms with Crippen LogP contribution in [0.4, 0.5) is 4.79 Å². The Morgan fingerprint density at radius 1 is 1.27 bits per heavy atom. The topological polar surface area (TPSA) is 101 Å². The highest BCUT2D eigenvalue weighted by molar-refractivity contribution is 6.10. The van der Waals surface area contributed by atoms with Crippen LogP contribution in [-0.4, -0.2) is 40.9 Å². The van der Waals surface area contributed by atoms with E-state index in [1.807, 2.05) is 37.3 Å². The molecule has 5 rings (SSSR count). The van der Waals surface area contributed by atoms with Gasteiger partial charge in [0, 0.05) is 18.8 Å². The molecule has 3 atom stereocenters. The van der Waals surface area contributed by atoms with Gasteiger partial charge in [-0.3, -0.25) is 9.59 Å².